The Kier molecular flexibility index (Phi) is 5.20. The monoisotopic (exact) mass is 233 g/mol. The van der Waals surface area contributed by atoms with Gasteiger partial charge in [-0.25, -0.2) is 0 Å². The molecule has 1 aromatic carbocycles. The van der Waals surface area contributed by atoms with Gasteiger partial charge < -0.3 is 4.90 Å². The van der Waals surface area contributed by atoms with Crippen molar-refractivity contribution in [3.8, 4) is 0 Å². The van der Waals surface area contributed by atoms with Crippen molar-refractivity contribution >= 4 is 5.91 Å². The van der Waals surface area contributed by atoms with Crippen molar-refractivity contribution in [3.63, 3.8) is 0 Å². The lowest BCUT2D eigenvalue weighted by Crippen LogP contribution is -2.36. The van der Waals surface area contributed by atoms with Crippen LogP contribution >= 0.6 is 0 Å². The zero-order chi connectivity index (χ0) is 12.8. The van der Waals surface area contributed by atoms with Gasteiger partial charge in [-0.05, 0) is 25.8 Å². The van der Waals surface area contributed by atoms with Crippen LogP contribution in [0.3, 0.4) is 0 Å². The molecule has 0 N–H and O–H groups in total. The third kappa shape index (κ3) is 3.58. The molecule has 0 saturated carbocycles. The van der Waals surface area contributed by atoms with E-state index in [-0.39, 0.29) is 17.9 Å². The number of likely N-dealkylation sites (N-methyl/N-ethyl adjacent to an activating group) is 1. The van der Waals surface area contributed by atoms with Crippen LogP contribution in [0.1, 0.15) is 45.1 Å². The molecule has 17 heavy (non-hydrogen) atoms. The molecule has 0 aliphatic heterocycles. The Bertz CT molecular complexity index is 345. The Morgan fingerprint density at radius 2 is 1.82 bits per heavy atom. The molecule has 0 spiro atoms. The van der Waals surface area contributed by atoms with Gasteiger partial charge in [-0.1, -0.05) is 43.7 Å². The lowest BCUT2D eigenvalue weighted by atomic mass is 9.93. The Morgan fingerprint density at radius 3 is 2.29 bits per heavy atom. The van der Waals surface area contributed by atoms with Crippen molar-refractivity contribution in [1.82, 2.24) is 4.90 Å². The minimum Gasteiger partial charge on any atom is -0.343 e. The van der Waals surface area contributed by atoms with E-state index in [4.69, 9.17) is 0 Å². The van der Waals surface area contributed by atoms with E-state index in [9.17, 15) is 4.79 Å². The van der Waals surface area contributed by atoms with Gasteiger partial charge in [0.25, 0.3) is 0 Å². The second-order valence-electron chi connectivity index (χ2n) is 4.79. The maximum absolute atomic E-state index is 12.4. The molecule has 94 valence electrons. The first-order chi connectivity index (χ1) is 8.07. The van der Waals surface area contributed by atoms with Gasteiger partial charge in [-0.15, -0.1) is 0 Å². The molecule has 0 fully saturated rings. The summed E-state index contributed by atoms with van der Waals surface area (Å²) in [4.78, 5) is 14.2. The van der Waals surface area contributed by atoms with Gasteiger partial charge >= 0.3 is 0 Å². The van der Waals surface area contributed by atoms with Crippen molar-refractivity contribution in [2.75, 3.05) is 7.05 Å². The molecule has 1 aromatic rings. The van der Waals surface area contributed by atoms with Gasteiger partial charge in [0.15, 0.2) is 0 Å². The van der Waals surface area contributed by atoms with E-state index in [0.29, 0.717) is 0 Å². The molecule has 0 radical (unpaired) electrons. The fraction of sp³-hybridized carbons (Fsp3) is 0.533. The average molecular weight is 233 g/mol. The molecule has 0 aromatic heterocycles. The summed E-state index contributed by atoms with van der Waals surface area (Å²) >= 11 is 0. The zero-order valence-electron chi connectivity index (χ0n) is 11.3. The van der Waals surface area contributed by atoms with E-state index in [0.717, 1.165) is 18.4 Å². The minimum atomic E-state index is 0.00796. The summed E-state index contributed by atoms with van der Waals surface area (Å²) in [6, 6.07) is 10.3. The molecular weight excluding hydrogens is 210 g/mol. The minimum absolute atomic E-state index is 0.00796. The fourth-order valence-corrected chi connectivity index (χ4v) is 1.91. The normalized spacial score (nSPS) is 12.5. The van der Waals surface area contributed by atoms with E-state index in [1.54, 1.807) is 0 Å². The lowest BCUT2D eigenvalue weighted by molar-refractivity contribution is -0.133. The molecule has 0 bridgehead atoms. The second kappa shape index (κ2) is 6.43. The Morgan fingerprint density at radius 1 is 1.24 bits per heavy atom. The number of nitrogens with zero attached hydrogens (tertiary/aromatic N) is 1. The number of hydrogen-bond donors (Lipinski definition) is 0. The third-order valence-corrected chi connectivity index (χ3v) is 3.20. The van der Waals surface area contributed by atoms with Crippen LogP contribution in [0.5, 0.6) is 0 Å². The van der Waals surface area contributed by atoms with Crippen molar-refractivity contribution < 1.29 is 4.79 Å². The van der Waals surface area contributed by atoms with E-state index in [1.165, 1.54) is 0 Å². The topological polar surface area (TPSA) is 20.3 Å². The Hall–Kier alpha value is -1.31. The smallest absolute Gasteiger partial charge is 0.230 e. The first-order valence-electron chi connectivity index (χ1n) is 6.39. The van der Waals surface area contributed by atoms with Crippen LogP contribution in [0.25, 0.3) is 0 Å². The average Bonchev–Trinajstić information content (AvgIpc) is 2.35. The van der Waals surface area contributed by atoms with E-state index >= 15 is 0 Å². The number of hydrogen-bond acceptors (Lipinski definition) is 1. The molecule has 2 heteroatoms. The lowest BCUT2D eigenvalue weighted by Gasteiger charge is -2.27. The molecule has 2 nitrogen and oxygen atoms in total. The van der Waals surface area contributed by atoms with Gasteiger partial charge in [-0.3, -0.25) is 4.79 Å². The maximum atomic E-state index is 12.4. The molecule has 0 aliphatic carbocycles. The SMILES string of the molecule is CCCC(C(=O)N(C)C(C)C)c1ccccc1. The van der Waals surface area contributed by atoms with Crippen molar-refractivity contribution in [2.24, 2.45) is 0 Å². The maximum Gasteiger partial charge on any atom is 0.230 e. The summed E-state index contributed by atoms with van der Waals surface area (Å²) in [7, 11) is 1.89. The van der Waals surface area contributed by atoms with Crippen molar-refractivity contribution in [1.29, 1.82) is 0 Å². The van der Waals surface area contributed by atoms with E-state index in [2.05, 4.69) is 6.92 Å². The number of amides is 1. The molecule has 0 saturated heterocycles. The number of rotatable bonds is 5. The highest BCUT2D eigenvalue weighted by Crippen LogP contribution is 2.23. The summed E-state index contributed by atoms with van der Waals surface area (Å²) in [5.41, 5.74) is 1.13. The summed E-state index contributed by atoms with van der Waals surface area (Å²) < 4.78 is 0. The second-order valence-corrected chi connectivity index (χ2v) is 4.79. The zero-order valence-corrected chi connectivity index (χ0v) is 11.3. The van der Waals surface area contributed by atoms with Crippen LogP contribution in [-0.2, 0) is 4.79 Å². The summed E-state index contributed by atoms with van der Waals surface area (Å²) in [5.74, 6) is 0.238. The van der Waals surface area contributed by atoms with Crippen LogP contribution in [-0.4, -0.2) is 23.9 Å². The quantitative estimate of drug-likeness (QED) is 0.763. The molecule has 0 aliphatic rings. The first-order valence-corrected chi connectivity index (χ1v) is 6.39. The Balaban J connectivity index is 2.90. The van der Waals surface area contributed by atoms with Crippen LogP contribution in [0.2, 0.25) is 0 Å². The van der Waals surface area contributed by atoms with Crippen LogP contribution in [0.15, 0.2) is 30.3 Å². The standard InChI is InChI=1S/C15H23NO/c1-5-9-14(13-10-7-6-8-11-13)15(17)16(4)12(2)3/h6-8,10-12,14H,5,9H2,1-4H3. The summed E-state index contributed by atoms with van der Waals surface area (Å²) in [6.45, 7) is 6.22. The number of carbonyl (C=O) groups excluding carboxylic acids is 1. The summed E-state index contributed by atoms with van der Waals surface area (Å²) in [5, 5.41) is 0. The van der Waals surface area contributed by atoms with Crippen LogP contribution in [0.4, 0.5) is 0 Å². The predicted molar refractivity (Wildman–Crippen MR) is 72.0 cm³/mol. The van der Waals surface area contributed by atoms with Gasteiger partial charge in [-0.2, -0.15) is 0 Å². The van der Waals surface area contributed by atoms with Crippen LogP contribution < -0.4 is 0 Å². The van der Waals surface area contributed by atoms with Crippen molar-refractivity contribution in [2.45, 2.75) is 45.6 Å². The molecule has 1 rings (SSSR count). The van der Waals surface area contributed by atoms with E-state index in [1.807, 2.05) is 56.1 Å². The van der Waals surface area contributed by atoms with Gasteiger partial charge in [0.05, 0.1) is 5.92 Å². The van der Waals surface area contributed by atoms with Gasteiger partial charge in [0.1, 0.15) is 0 Å². The van der Waals surface area contributed by atoms with Gasteiger partial charge in [0, 0.05) is 13.1 Å². The molecule has 0 heterocycles. The number of benzene rings is 1. The number of carbonyl (C=O) groups is 1. The fourth-order valence-electron chi connectivity index (χ4n) is 1.91. The Labute approximate surface area is 105 Å². The molecule has 1 amide bonds. The van der Waals surface area contributed by atoms with Crippen molar-refractivity contribution in [3.05, 3.63) is 35.9 Å². The van der Waals surface area contributed by atoms with Gasteiger partial charge in [0.2, 0.25) is 5.91 Å². The highest BCUT2D eigenvalue weighted by atomic mass is 16.2. The summed E-state index contributed by atoms with van der Waals surface area (Å²) in [6.07, 6.45) is 1.94. The molecular formula is C15H23NO. The third-order valence-electron chi connectivity index (χ3n) is 3.20. The predicted octanol–water partition coefficient (Wildman–Crippen LogP) is 3.44. The highest BCUT2D eigenvalue weighted by Gasteiger charge is 2.23. The van der Waals surface area contributed by atoms with Crippen LogP contribution in [0, 0.1) is 0 Å². The molecule has 1 unspecified atom stereocenters. The molecule has 1 atom stereocenters. The largest absolute Gasteiger partial charge is 0.343 e. The highest BCUT2D eigenvalue weighted by molar-refractivity contribution is 5.83. The first kappa shape index (κ1) is 13.8. The van der Waals surface area contributed by atoms with E-state index < -0.39 is 0 Å².